The first-order chi connectivity index (χ1) is 14.4. The Labute approximate surface area is 172 Å². The number of hydrogen-bond donors (Lipinski definition) is 0. The number of rotatable bonds is 3. The summed E-state index contributed by atoms with van der Waals surface area (Å²) in [6.07, 6.45) is -4.61. The summed E-state index contributed by atoms with van der Waals surface area (Å²) in [7, 11) is 0. The lowest BCUT2D eigenvalue weighted by Gasteiger charge is -2.37. The maximum Gasteiger partial charge on any atom is 0.415 e. The van der Waals surface area contributed by atoms with Crippen molar-refractivity contribution in [2.45, 2.75) is 19.1 Å². The smallest absolute Gasteiger partial charge is 0.263 e. The minimum Gasteiger partial charge on any atom is -0.263 e. The number of allylic oxidation sites excluding steroid dienone is 1. The average molecular weight is 405 g/mol. The van der Waals surface area contributed by atoms with E-state index in [1.165, 1.54) is 10.0 Å². The van der Waals surface area contributed by atoms with Crippen molar-refractivity contribution in [2.75, 3.05) is 10.0 Å². The maximum atomic E-state index is 14.5. The molecule has 1 atom stereocenters. The van der Waals surface area contributed by atoms with Gasteiger partial charge < -0.3 is 0 Å². The number of anilines is 2. The van der Waals surface area contributed by atoms with Gasteiger partial charge in [-0.2, -0.15) is 18.4 Å². The van der Waals surface area contributed by atoms with Crippen LogP contribution in [0.5, 0.6) is 0 Å². The van der Waals surface area contributed by atoms with Crippen LogP contribution in [0.25, 0.3) is 5.57 Å². The molecule has 1 aliphatic heterocycles. The van der Waals surface area contributed by atoms with Gasteiger partial charge in [-0.1, -0.05) is 66.7 Å². The fourth-order valence-electron chi connectivity index (χ4n) is 3.79. The summed E-state index contributed by atoms with van der Waals surface area (Å²) in [6, 6.07) is 23.8. The molecular formula is C24H18F3N3. The molecule has 4 rings (SSSR count). The van der Waals surface area contributed by atoms with Crippen molar-refractivity contribution < 1.29 is 13.2 Å². The van der Waals surface area contributed by atoms with Crippen LogP contribution in [-0.2, 0) is 0 Å². The third-order valence-electron chi connectivity index (χ3n) is 5.07. The Balaban J connectivity index is 2.05. The fourth-order valence-corrected chi connectivity index (χ4v) is 3.79. The van der Waals surface area contributed by atoms with E-state index in [0.717, 1.165) is 5.56 Å². The third kappa shape index (κ3) is 3.29. The highest BCUT2D eigenvalue weighted by molar-refractivity contribution is 5.89. The van der Waals surface area contributed by atoms with Gasteiger partial charge in [0.2, 0.25) is 0 Å². The highest BCUT2D eigenvalue weighted by Crippen LogP contribution is 2.47. The molecule has 3 aromatic carbocycles. The molecule has 0 aromatic heterocycles. The summed E-state index contributed by atoms with van der Waals surface area (Å²) in [5, 5.41) is 12.6. The van der Waals surface area contributed by atoms with E-state index in [1.807, 2.05) is 19.1 Å². The van der Waals surface area contributed by atoms with Crippen LogP contribution < -0.4 is 10.0 Å². The third-order valence-corrected chi connectivity index (χ3v) is 5.07. The van der Waals surface area contributed by atoms with Gasteiger partial charge in [0.15, 0.2) is 6.04 Å². The van der Waals surface area contributed by atoms with Crippen molar-refractivity contribution in [1.29, 1.82) is 5.26 Å². The van der Waals surface area contributed by atoms with Crippen LogP contribution in [0.3, 0.4) is 0 Å². The van der Waals surface area contributed by atoms with E-state index in [4.69, 9.17) is 0 Å². The molecule has 1 unspecified atom stereocenters. The number of hydrazine groups is 1. The Morgan fingerprint density at radius 3 is 1.97 bits per heavy atom. The van der Waals surface area contributed by atoms with Gasteiger partial charge >= 0.3 is 6.18 Å². The van der Waals surface area contributed by atoms with E-state index in [-0.39, 0.29) is 11.3 Å². The molecule has 0 spiro atoms. The van der Waals surface area contributed by atoms with Gasteiger partial charge in [0.25, 0.3) is 0 Å². The normalized spacial score (nSPS) is 16.7. The molecule has 1 heterocycles. The average Bonchev–Trinajstić information content (AvgIpc) is 3.11. The largest absolute Gasteiger partial charge is 0.415 e. The van der Waals surface area contributed by atoms with Crippen LogP contribution in [0.2, 0.25) is 0 Å². The SMILES string of the molecule is Cc1ccccc1N1C(C#N)=C(c2ccccc2)C(C(F)(F)F)N1c1ccccc1. The zero-order valence-corrected chi connectivity index (χ0v) is 16.1. The van der Waals surface area contributed by atoms with Crippen LogP contribution in [0.4, 0.5) is 24.5 Å². The maximum absolute atomic E-state index is 14.5. The first-order valence-corrected chi connectivity index (χ1v) is 9.40. The molecule has 150 valence electrons. The molecule has 0 amide bonds. The first kappa shape index (κ1) is 19.6. The second-order valence-electron chi connectivity index (χ2n) is 6.96. The molecule has 6 heteroatoms. The van der Waals surface area contributed by atoms with Crippen LogP contribution in [0.1, 0.15) is 11.1 Å². The molecule has 0 N–H and O–H groups in total. The lowest BCUT2D eigenvalue weighted by atomic mass is 9.97. The highest BCUT2D eigenvalue weighted by atomic mass is 19.4. The Morgan fingerprint density at radius 1 is 0.833 bits per heavy atom. The molecule has 3 nitrogen and oxygen atoms in total. The Hall–Kier alpha value is -3.72. The molecule has 1 aliphatic rings. The van der Waals surface area contributed by atoms with Crippen molar-refractivity contribution in [3.8, 4) is 6.07 Å². The van der Waals surface area contributed by atoms with Crippen LogP contribution >= 0.6 is 0 Å². The molecule has 0 fully saturated rings. The fraction of sp³-hybridized carbons (Fsp3) is 0.125. The summed E-state index contributed by atoms with van der Waals surface area (Å²) < 4.78 is 43.6. The lowest BCUT2D eigenvalue weighted by molar-refractivity contribution is -0.134. The Morgan fingerprint density at radius 2 is 1.40 bits per heavy atom. The van der Waals surface area contributed by atoms with E-state index in [2.05, 4.69) is 6.07 Å². The minimum atomic E-state index is -4.61. The summed E-state index contributed by atoms with van der Waals surface area (Å²) in [4.78, 5) is 0. The van der Waals surface area contributed by atoms with Crippen molar-refractivity contribution in [3.63, 3.8) is 0 Å². The van der Waals surface area contributed by atoms with Gasteiger partial charge in [-0.3, -0.25) is 5.01 Å². The van der Waals surface area contributed by atoms with Gasteiger partial charge in [-0.25, -0.2) is 5.01 Å². The number of para-hydroxylation sites is 2. The van der Waals surface area contributed by atoms with Gasteiger partial charge in [-0.05, 0) is 36.2 Å². The summed E-state index contributed by atoms with van der Waals surface area (Å²) >= 11 is 0. The number of nitrogens with zero attached hydrogens (tertiary/aromatic N) is 3. The van der Waals surface area contributed by atoms with Crippen molar-refractivity contribution >= 4 is 16.9 Å². The predicted octanol–water partition coefficient (Wildman–Crippen LogP) is 6.10. The van der Waals surface area contributed by atoms with Crippen LogP contribution in [0.15, 0.2) is 90.6 Å². The van der Waals surface area contributed by atoms with Gasteiger partial charge in [0, 0.05) is 5.57 Å². The topological polar surface area (TPSA) is 30.3 Å². The Bertz CT molecular complexity index is 1120. The quantitative estimate of drug-likeness (QED) is 0.527. The molecule has 0 bridgehead atoms. The minimum absolute atomic E-state index is 0.0401. The number of alkyl halides is 3. The highest BCUT2D eigenvalue weighted by Gasteiger charge is 2.55. The monoisotopic (exact) mass is 405 g/mol. The van der Waals surface area contributed by atoms with Gasteiger partial charge in [0.1, 0.15) is 11.8 Å². The second-order valence-corrected chi connectivity index (χ2v) is 6.96. The molecule has 0 radical (unpaired) electrons. The standard InChI is InChI=1S/C24H18F3N3/c1-17-10-8-9-15-20(17)30-21(16-28)22(18-11-4-2-5-12-18)23(24(25,26)27)29(30)19-13-6-3-7-14-19/h2-15,23H,1H3. The number of benzene rings is 3. The number of aryl methyl sites for hydroxylation is 1. The van der Waals surface area contributed by atoms with Gasteiger partial charge in [-0.15, -0.1) is 0 Å². The summed E-state index contributed by atoms with van der Waals surface area (Å²) in [5.74, 6) is 0. The second kappa shape index (κ2) is 7.60. The molecule has 30 heavy (non-hydrogen) atoms. The number of nitriles is 1. The molecule has 0 saturated heterocycles. The molecule has 3 aromatic rings. The molecule has 0 aliphatic carbocycles. The van der Waals surface area contributed by atoms with E-state index in [9.17, 15) is 18.4 Å². The Kier molecular flexibility index (Phi) is 4.96. The van der Waals surface area contributed by atoms with E-state index < -0.39 is 12.2 Å². The van der Waals surface area contributed by atoms with E-state index >= 15 is 0 Å². The number of hydrogen-bond acceptors (Lipinski definition) is 3. The zero-order valence-electron chi connectivity index (χ0n) is 16.1. The van der Waals surface area contributed by atoms with Crippen LogP contribution in [0, 0.1) is 18.3 Å². The van der Waals surface area contributed by atoms with Gasteiger partial charge in [0.05, 0.1) is 11.4 Å². The van der Waals surface area contributed by atoms with Crippen molar-refractivity contribution in [1.82, 2.24) is 0 Å². The predicted molar refractivity (Wildman–Crippen MR) is 111 cm³/mol. The van der Waals surface area contributed by atoms with E-state index in [1.54, 1.807) is 72.8 Å². The summed E-state index contributed by atoms with van der Waals surface area (Å²) in [6.45, 7) is 1.82. The molecule has 0 saturated carbocycles. The van der Waals surface area contributed by atoms with E-state index in [0.29, 0.717) is 16.9 Å². The van der Waals surface area contributed by atoms with Crippen molar-refractivity contribution in [2.24, 2.45) is 0 Å². The van der Waals surface area contributed by atoms with Crippen LogP contribution in [-0.4, -0.2) is 12.2 Å². The van der Waals surface area contributed by atoms with Crippen molar-refractivity contribution in [3.05, 3.63) is 102 Å². The number of halogens is 3. The zero-order chi connectivity index (χ0) is 21.3. The lowest BCUT2D eigenvalue weighted by Crippen LogP contribution is -2.50. The first-order valence-electron chi connectivity index (χ1n) is 9.40. The summed E-state index contributed by atoms with van der Waals surface area (Å²) in [5.41, 5.74) is 1.91. The molecular weight excluding hydrogens is 387 g/mol.